The van der Waals surface area contributed by atoms with Crippen LogP contribution in [0, 0.1) is 11.3 Å². The van der Waals surface area contributed by atoms with Crippen LogP contribution < -0.4 is 0 Å². The van der Waals surface area contributed by atoms with Gasteiger partial charge in [0.2, 0.25) is 0 Å². The lowest BCUT2D eigenvalue weighted by Gasteiger charge is -2.14. The molecule has 0 atom stereocenters. The SMILES string of the molecule is C=Cc1nc(-c2ccc(-c3cccc(C#N)c3)cc2)c(-c2nc(-c3ccccc3)cc(-c3cccc4oc5ccccc5c34)n2)nc1C=C. The van der Waals surface area contributed by atoms with Crippen LogP contribution >= 0.6 is 0 Å². The van der Waals surface area contributed by atoms with Crippen LogP contribution in [0.25, 0.3) is 90.5 Å². The van der Waals surface area contributed by atoms with Crippen LogP contribution in [0.5, 0.6) is 0 Å². The van der Waals surface area contributed by atoms with Crippen molar-refractivity contribution in [2.75, 3.05) is 0 Å². The summed E-state index contributed by atoms with van der Waals surface area (Å²) in [5, 5.41) is 11.4. The molecule has 0 N–H and O–H groups in total. The fourth-order valence-corrected chi connectivity index (χ4v) is 6.14. The number of nitrogens with zero attached hydrogens (tertiary/aromatic N) is 5. The van der Waals surface area contributed by atoms with Gasteiger partial charge in [-0.3, -0.25) is 0 Å². The first kappa shape index (κ1) is 29.4. The largest absolute Gasteiger partial charge is 0.456 e. The first-order valence-corrected chi connectivity index (χ1v) is 15.8. The minimum Gasteiger partial charge on any atom is -0.456 e. The summed E-state index contributed by atoms with van der Waals surface area (Å²) in [6, 6.07) is 43.9. The number of hydrogen-bond donors (Lipinski definition) is 0. The Balaban J connectivity index is 1.36. The second-order valence-corrected chi connectivity index (χ2v) is 11.5. The Labute approximate surface area is 283 Å². The maximum absolute atomic E-state index is 9.41. The molecule has 0 spiro atoms. The summed E-state index contributed by atoms with van der Waals surface area (Å²) in [6.45, 7) is 7.99. The average molecular weight is 630 g/mol. The van der Waals surface area contributed by atoms with Crippen LogP contribution in [0.1, 0.15) is 17.0 Å². The topological polar surface area (TPSA) is 88.5 Å². The molecular weight excluding hydrogens is 603 g/mol. The molecule has 3 heterocycles. The van der Waals surface area contributed by atoms with E-state index in [4.69, 9.17) is 24.4 Å². The number of nitriles is 1. The molecule has 0 saturated carbocycles. The van der Waals surface area contributed by atoms with Gasteiger partial charge in [0, 0.05) is 27.5 Å². The Morgan fingerprint density at radius 3 is 1.98 bits per heavy atom. The summed E-state index contributed by atoms with van der Waals surface area (Å²) >= 11 is 0. The number of aromatic nitrogens is 4. The van der Waals surface area contributed by atoms with Crippen LogP contribution in [0.15, 0.2) is 145 Å². The molecule has 0 aliphatic heterocycles. The van der Waals surface area contributed by atoms with Gasteiger partial charge >= 0.3 is 0 Å². The number of rotatable bonds is 7. The molecule has 6 nitrogen and oxygen atoms in total. The maximum atomic E-state index is 9.41. The molecule has 49 heavy (non-hydrogen) atoms. The summed E-state index contributed by atoms with van der Waals surface area (Å²) < 4.78 is 6.23. The third kappa shape index (κ3) is 5.36. The lowest BCUT2D eigenvalue weighted by molar-refractivity contribution is 0.669. The van der Waals surface area contributed by atoms with Crippen molar-refractivity contribution in [2.24, 2.45) is 0 Å². The van der Waals surface area contributed by atoms with E-state index in [1.54, 1.807) is 18.2 Å². The maximum Gasteiger partial charge on any atom is 0.181 e. The summed E-state index contributed by atoms with van der Waals surface area (Å²) in [5.74, 6) is 0.424. The molecule has 5 aromatic carbocycles. The quantitative estimate of drug-likeness (QED) is 0.174. The number of furan rings is 1. The highest BCUT2D eigenvalue weighted by Gasteiger charge is 2.21. The van der Waals surface area contributed by atoms with Crippen molar-refractivity contribution in [1.29, 1.82) is 5.26 Å². The lowest BCUT2D eigenvalue weighted by atomic mass is 9.99. The zero-order valence-corrected chi connectivity index (χ0v) is 26.3. The second-order valence-electron chi connectivity index (χ2n) is 11.5. The van der Waals surface area contributed by atoms with Gasteiger partial charge in [-0.15, -0.1) is 0 Å². The van der Waals surface area contributed by atoms with E-state index in [0.29, 0.717) is 34.2 Å². The molecule has 0 bridgehead atoms. The van der Waals surface area contributed by atoms with Crippen molar-refractivity contribution >= 4 is 34.1 Å². The molecular formula is C43H27N5O. The standard InChI is InChI=1S/C43H27N5O/c1-3-34-35(4-2)46-42(41(45-34)30-22-20-28(21-23-30)31-15-10-12-27(24-31)26-44)43-47-36(29-13-6-5-7-14-29)25-37(48-43)32-17-11-19-39-40(32)33-16-8-9-18-38(33)49-39/h3-25H,1-2H2. The molecule has 0 saturated heterocycles. The molecule has 230 valence electrons. The lowest BCUT2D eigenvalue weighted by Crippen LogP contribution is -2.04. The average Bonchev–Trinajstić information content (AvgIpc) is 3.56. The summed E-state index contributed by atoms with van der Waals surface area (Å²) in [4.78, 5) is 20.4. The van der Waals surface area contributed by atoms with E-state index in [1.807, 2.05) is 109 Å². The zero-order chi connectivity index (χ0) is 33.3. The third-order valence-electron chi connectivity index (χ3n) is 8.51. The monoisotopic (exact) mass is 629 g/mol. The van der Waals surface area contributed by atoms with Crippen molar-refractivity contribution in [3.05, 3.63) is 158 Å². The van der Waals surface area contributed by atoms with Crippen molar-refractivity contribution in [3.8, 4) is 62.5 Å². The minimum absolute atomic E-state index is 0.424. The van der Waals surface area contributed by atoms with E-state index in [2.05, 4.69) is 31.4 Å². The van der Waals surface area contributed by atoms with Crippen LogP contribution in [-0.2, 0) is 0 Å². The Kier molecular flexibility index (Phi) is 7.40. The number of para-hydroxylation sites is 1. The van der Waals surface area contributed by atoms with Gasteiger partial charge < -0.3 is 4.42 Å². The van der Waals surface area contributed by atoms with E-state index < -0.39 is 0 Å². The van der Waals surface area contributed by atoms with Gasteiger partial charge in [0.25, 0.3) is 0 Å². The number of benzene rings is 5. The van der Waals surface area contributed by atoms with Gasteiger partial charge in [0.15, 0.2) is 5.82 Å². The van der Waals surface area contributed by atoms with E-state index in [9.17, 15) is 5.26 Å². The Morgan fingerprint density at radius 1 is 0.551 bits per heavy atom. The molecule has 6 heteroatoms. The van der Waals surface area contributed by atoms with Crippen LogP contribution in [0.4, 0.5) is 0 Å². The van der Waals surface area contributed by atoms with Gasteiger partial charge in [-0.05, 0) is 53.6 Å². The molecule has 0 aliphatic rings. The molecule has 0 fully saturated rings. The summed E-state index contributed by atoms with van der Waals surface area (Å²) in [7, 11) is 0. The van der Waals surface area contributed by atoms with Crippen LogP contribution in [0.2, 0.25) is 0 Å². The third-order valence-corrected chi connectivity index (χ3v) is 8.51. The van der Waals surface area contributed by atoms with Gasteiger partial charge in [-0.2, -0.15) is 5.26 Å². The van der Waals surface area contributed by atoms with E-state index in [1.165, 1.54) is 0 Å². The minimum atomic E-state index is 0.424. The first-order valence-electron chi connectivity index (χ1n) is 15.8. The van der Waals surface area contributed by atoms with Crippen LogP contribution in [0.3, 0.4) is 0 Å². The molecule has 0 unspecified atom stereocenters. The Morgan fingerprint density at radius 2 is 1.20 bits per heavy atom. The Hall–Kier alpha value is -6.97. The van der Waals surface area contributed by atoms with Gasteiger partial charge in [-0.1, -0.05) is 110 Å². The predicted molar refractivity (Wildman–Crippen MR) is 197 cm³/mol. The molecule has 0 radical (unpaired) electrons. The summed E-state index contributed by atoms with van der Waals surface area (Å²) in [5.41, 5.74) is 10.6. The second kappa shape index (κ2) is 12.3. The fraction of sp³-hybridized carbons (Fsp3) is 0. The first-order chi connectivity index (χ1) is 24.1. The van der Waals surface area contributed by atoms with Gasteiger partial charge in [-0.25, -0.2) is 19.9 Å². The van der Waals surface area contributed by atoms with Gasteiger partial charge in [0.05, 0.1) is 34.4 Å². The zero-order valence-electron chi connectivity index (χ0n) is 26.3. The Bertz CT molecular complexity index is 2600. The molecule has 8 aromatic rings. The normalized spacial score (nSPS) is 11.0. The molecule has 0 aliphatic carbocycles. The smallest absolute Gasteiger partial charge is 0.181 e. The fourth-order valence-electron chi connectivity index (χ4n) is 6.14. The summed E-state index contributed by atoms with van der Waals surface area (Å²) in [6.07, 6.45) is 3.35. The number of hydrogen-bond acceptors (Lipinski definition) is 6. The van der Waals surface area contributed by atoms with E-state index >= 15 is 0 Å². The molecule has 3 aromatic heterocycles. The van der Waals surface area contributed by atoms with Crippen molar-refractivity contribution in [3.63, 3.8) is 0 Å². The van der Waals surface area contributed by atoms with E-state index in [-0.39, 0.29) is 0 Å². The van der Waals surface area contributed by atoms with Gasteiger partial charge in [0.1, 0.15) is 22.6 Å². The number of fused-ring (bicyclic) bond motifs is 3. The van der Waals surface area contributed by atoms with Crippen molar-refractivity contribution < 1.29 is 4.42 Å². The van der Waals surface area contributed by atoms with Crippen molar-refractivity contribution in [2.45, 2.75) is 0 Å². The molecule has 8 rings (SSSR count). The highest BCUT2D eigenvalue weighted by atomic mass is 16.3. The highest BCUT2D eigenvalue weighted by molar-refractivity contribution is 6.12. The predicted octanol–water partition coefficient (Wildman–Crippen LogP) is 10.7. The van der Waals surface area contributed by atoms with Crippen molar-refractivity contribution in [1.82, 2.24) is 19.9 Å². The highest BCUT2D eigenvalue weighted by Crippen LogP contribution is 2.38. The van der Waals surface area contributed by atoms with Crippen LogP contribution in [-0.4, -0.2) is 19.9 Å². The molecule has 0 amide bonds. The van der Waals surface area contributed by atoms with E-state index in [0.717, 1.165) is 61.1 Å².